The van der Waals surface area contributed by atoms with Crippen molar-refractivity contribution in [3.63, 3.8) is 0 Å². The highest BCUT2D eigenvalue weighted by atomic mass is 16.7. The molecule has 0 spiro atoms. The standard InChI is InChI=1S/C9H14N2O2/c1-3-8(4-2)9(12)13-11-6-5-10-7-11/h5-8H,3-4H2,1-2H3. The van der Waals surface area contributed by atoms with Crippen molar-refractivity contribution in [2.75, 3.05) is 0 Å². The van der Waals surface area contributed by atoms with E-state index in [1.54, 1.807) is 12.4 Å². The Bertz CT molecular complexity index is 253. The molecule has 1 rings (SSSR count). The van der Waals surface area contributed by atoms with Crippen molar-refractivity contribution in [3.05, 3.63) is 18.7 Å². The predicted molar refractivity (Wildman–Crippen MR) is 47.9 cm³/mol. The van der Waals surface area contributed by atoms with Gasteiger partial charge in [-0.1, -0.05) is 13.8 Å². The van der Waals surface area contributed by atoms with Gasteiger partial charge in [-0.15, -0.1) is 0 Å². The monoisotopic (exact) mass is 182 g/mol. The first-order valence-electron chi connectivity index (χ1n) is 4.48. The summed E-state index contributed by atoms with van der Waals surface area (Å²) in [6.45, 7) is 3.95. The lowest BCUT2D eigenvalue weighted by Gasteiger charge is -2.10. The number of imidazole rings is 1. The first-order valence-corrected chi connectivity index (χ1v) is 4.48. The molecule has 1 heterocycles. The van der Waals surface area contributed by atoms with E-state index >= 15 is 0 Å². The molecule has 0 saturated heterocycles. The summed E-state index contributed by atoms with van der Waals surface area (Å²) < 4.78 is 1.32. The van der Waals surface area contributed by atoms with Gasteiger partial charge in [0.1, 0.15) is 6.33 Å². The van der Waals surface area contributed by atoms with Crippen molar-refractivity contribution < 1.29 is 9.63 Å². The van der Waals surface area contributed by atoms with Crippen LogP contribution in [0.3, 0.4) is 0 Å². The molecule has 0 atom stereocenters. The number of aromatic nitrogens is 2. The summed E-state index contributed by atoms with van der Waals surface area (Å²) in [5, 5.41) is 0. The molecule has 72 valence electrons. The minimum atomic E-state index is -0.192. The van der Waals surface area contributed by atoms with Crippen LogP contribution in [0, 0.1) is 5.92 Å². The van der Waals surface area contributed by atoms with Crippen LogP contribution in [0.1, 0.15) is 26.7 Å². The van der Waals surface area contributed by atoms with E-state index in [1.807, 2.05) is 13.8 Å². The van der Waals surface area contributed by atoms with Crippen molar-refractivity contribution in [1.29, 1.82) is 0 Å². The molecule has 0 amide bonds. The second-order valence-electron chi connectivity index (χ2n) is 2.85. The molecule has 0 fully saturated rings. The fourth-order valence-corrected chi connectivity index (χ4v) is 1.10. The third-order valence-corrected chi connectivity index (χ3v) is 1.99. The SMILES string of the molecule is CCC(CC)C(=O)On1ccnc1. The summed E-state index contributed by atoms with van der Waals surface area (Å²) >= 11 is 0. The molecule has 0 bridgehead atoms. The minimum absolute atomic E-state index is 0.0117. The normalized spacial score (nSPS) is 10.4. The van der Waals surface area contributed by atoms with E-state index < -0.39 is 0 Å². The van der Waals surface area contributed by atoms with Gasteiger partial charge in [-0.2, -0.15) is 4.73 Å². The lowest BCUT2D eigenvalue weighted by atomic mass is 10.0. The van der Waals surface area contributed by atoms with Crippen molar-refractivity contribution in [2.24, 2.45) is 5.92 Å². The lowest BCUT2D eigenvalue weighted by molar-refractivity contribution is -0.149. The van der Waals surface area contributed by atoms with Crippen LogP contribution in [-0.4, -0.2) is 15.7 Å². The van der Waals surface area contributed by atoms with Crippen LogP contribution in [0.25, 0.3) is 0 Å². The first-order chi connectivity index (χ1) is 6.27. The molecule has 0 N–H and O–H groups in total. The van der Waals surface area contributed by atoms with Crippen molar-refractivity contribution in [3.8, 4) is 0 Å². The third-order valence-electron chi connectivity index (χ3n) is 1.99. The molecule has 13 heavy (non-hydrogen) atoms. The predicted octanol–water partition coefficient (Wildman–Crippen LogP) is 1.27. The van der Waals surface area contributed by atoms with Gasteiger partial charge in [0.2, 0.25) is 0 Å². The average Bonchev–Trinajstić information content (AvgIpc) is 2.59. The van der Waals surface area contributed by atoms with Gasteiger partial charge in [0, 0.05) is 6.20 Å². The van der Waals surface area contributed by atoms with Gasteiger partial charge >= 0.3 is 5.97 Å². The van der Waals surface area contributed by atoms with Gasteiger partial charge < -0.3 is 4.84 Å². The number of carbonyl (C=O) groups excluding carboxylic acids is 1. The van der Waals surface area contributed by atoms with Crippen LogP contribution in [0.15, 0.2) is 18.7 Å². The Morgan fingerprint density at radius 2 is 2.23 bits per heavy atom. The van der Waals surface area contributed by atoms with E-state index in [2.05, 4.69) is 4.98 Å². The number of hydrogen-bond acceptors (Lipinski definition) is 3. The fraction of sp³-hybridized carbons (Fsp3) is 0.556. The Hall–Kier alpha value is -1.32. The van der Waals surface area contributed by atoms with Gasteiger partial charge in [0.25, 0.3) is 0 Å². The molecule has 0 aliphatic carbocycles. The van der Waals surface area contributed by atoms with E-state index in [4.69, 9.17) is 4.84 Å². The average molecular weight is 182 g/mol. The van der Waals surface area contributed by atoms with Crippen LogP contribution in [0.4, 0.5) is 0 Å². The molecule has 0 aromatic carbocycles. The second-order valence-corrected chi connectivity index (χ2v) is 2.85. The van der Waals surface area contributed by atoms with E-state index in [1.165, 1.54) is 11.1 Å². The Morgan fingerprint density at radius 3 is 2.69 bits per heavy atom. The molecular formula is C9H14N2O2. The van der Waals surface area contributed by atoms with Gasteiger partial charge in [-0.25, -0.2) is 9.78 Å². The highest BCUT2D eigenvalue weighted by Crippen LogP contribution is 2.07. The highest BCUT2D eigenvalue weighted by molar-refractivity contribution is 5.72. The largest absolute Gasteiger partial charge is 0.335 e. The third kappa shape index (κ3) is 2.57. The number of carbonyl (C=O) groups is 1. The summed E-state index contributed by atoms with van der Waals surface area (Å²) in [7, 11) is 0. The van der Waals surface area contributed by atoms with Gasteiger partial charge in [0.05, 0.1) is 12.1 Å². The Morgan fingerprint density at radius 1 is 1.54 bits per heavy atom. The smallest absolute Gasteiger partial charge is 0.335 e. The maximum Gasteiger partial charge on any atom is 0.335 e. The maximum atomic E-state index is 11.4. The molecular weight excluding hydrogens is 168 g/mol. The van der Waals surface area contributed by atoms with Crippen LogP contribution in [0.2, 0.25) is 0 Å². The summed E-state index contributed by atoms with van der Waals surface area (Å²) in [5.74, 6) is -0.203. The Balaban J connectivity index is 2.49. The Labute approximate surface area is 77.5 Å². The van der Waals surface area contributed by atoms with Crippen molar-refractivity contribution in [2.45, 2.75) is 26.7 Å². The highest BCUT2D eigenvalue weighted by Gasteiger charge is 2.16. The summed E-state index contributed by atoms with van der Waals surface area (Å²) in [6, 6.07) is 0. The number of nitrogens with zero attached hydrogens (tertiary/aromatic N) is 2. The van der Waals surface area contributed by atoms with Gasteiger partial charge in [-0.05, 0) is 12.8 Å². The summed E-state index contributed by atoms with van der Waals surface area (Å²) in [5.41, 5.74) is 0. The van der Waals surface area contributed by atoms with Crippen molar-refractivity contribution >= 4 is 5.97 Å². The molecule has 0 aliphatic heterocycles. The summed E-state index contributed by atoms with van der Waals surface area (Å²) in [6.07, 6.45) is 6.24. The molecule has 0 radical (unpaired) electrons. The zero-order valence-electron chi connectivity index (χ0n) is 7.93. The van der Waals surface area contributed by atoms with E-state index in [0.29, 0.717) is 0 Å². The van der Waals surface area contributed by atoms with E-state index in [-0.39, 0.29) is 11.9 Å². The minimum Gasteiger partial charge on any atom is -0.335 e. The zero-order valence-corrected chi connectivity index (χ0v) is 7.93. The summed E-state index contributed by atoms with van der Waals surface area (Å²) in [4.78, 5) is 20.2. The Kier molecular flexibility index (Phi) is 3.49. The molecule has 4 nitrogen and oxygen atoms in total. The number of hydrogen-bond donors (Lipinski definition) is 0. The topological polar surface area (TPSA) is 44.1 Å². The van der Waals surface area contributed by atoms with Crippen molar-refractivity contribution in [1.82, 2.24) is 9.71 Å². The molecule has 0 unspecified atom stereocenters. The van der Waals surface area contributed by atoms with Crippen LogP contribution in [-0.2, 0) is 4.79 Å². The quantitative estimate of drug-likeness (QED) is 0.704. The molecule has 0 saturated carbocycles. The van der Waals surface area contributed by atoms with Crippen LogP contribution >= 0.6 is 0 Å². The van der Waals surface area contributed by atoms with E-state index in [9.17, 15) is 4.79 Å². The maximum absolute atomic E-state index is 11.4. The fourth-order valence-electron chi connectivity index (χ4n) is 1.10. The second kappa shape index (κ2) is 4.64. The lowest BCUT2D eigenvalue weighted by Crippen LogP contribution is -2.25. The molecule has 1 aromatic heterocycles. The molecule has 1 aromatic rings. The van der Waals surface area contributed by atoms with Gasteiger partial charge in [-0.3, -0.25) is 0 Å². The molecule has 0 aliphatic rings. The van der Waals surface area contributed by atoms with Crippen LogP contribution in [0.5, 0.6) is 0 Å². The van der Waals surface area contributed by atoms with E-state index in [0.717, 1.165) is 12.8 Å². The number of rotatable bonds is 4. The van der Waals surface area contributed by atoms with Gasteiger partial charge in [0.15, 0.2) is 0 Å². The molecule has 4 heteroatoms. The van der Waals surface area contributed by atoms with Crippen LogP contribution < -0.4 is 4.84 Å². The first kappa shape index (κ1) is 9.77. The zero-order chi connectivity index (χ0) is 9.68.